The highest BCUT2D eigenvalue weighted by atomic mass is 19.1. The Hall–Kier alpha value is -4.46. The van der Waals surface area contributed by atoms with Crippen LogP contribution in [0.5, 0.6) is 0 Å². The van der Waals surface area contributed by atoms with Gasteiger partial charge in [0.2, 0.25) is 0 Å². The summed E-state index contributed by atoms with van der Waals surface area (Å²) < 4.78 is 24.9. The van der Waals surface area contributed by atoms with Crippen LogP contribution in [0.25, 0.3) is 22.5 Å². The van der Waals surface area contributed by atoms with E-state index in [1.165, 1.54) is 6.07 Å². The van der Waals surface area contributed by atoms with Gasteiger partial charge in [0.1, 0.15) is 29.1 Å². The van der Waals surface area contributed by atoms with Gasteiger partial charge < -0.3 is 15.0 Å². The van der Waals surface area contributed by atoms with Crippen molar-refractivity contribution >= 4 is 17.6 Å². The van der Waals surface area contributed by atoms with Crippen LogP contribution < -0.4 is 11.1 Å². The first-order chi connectivity index (χ1) is 16.7. The molecule has 4 aromatic rings. The second kappa shape index (κ2) is 9.80. The van der Waals surface area contributed by atoms with Crippen LogP contribution in [0, 0.1) is 25.1 Å². The number of carbonyl (C=O) groups is 1. The fraction of sp³-hybridized carbons (Fsp3) is 0.148. The third-order valence-electron chi connectivity index (χ3n) is 5.71. The van der Waals surface area contributed by atoms with Crippen molar-refractivity contribution in [1.82, 2.24) is 5.16 Å². The zero-order chi connectivity index (χ0) is 25.1. The van der Waals surface area contributed by atoms with Gasteiger partial charge in [-0.3, -0.25) is 10.7 Å². The van der Waals surface area contributed by atoms with Gasteiger partial charge in [0.15, 0.2) is 5.76 Å². The Morgan fingerprint density at radius 1 is 1.09 bits per heavy atom. The van der Waals surface area contributed by atoms with Crippen molar-refractivity contribution in [2.24, 2.45) is 5.73 Å². The van der Waals surface area contributed by atoms with Crippen molar-refractivity contribution in [2.75, 3.05) is 5.32 Å². The molecule has 4 rings (SSSR count). The Morgan fingerprint density at radius 2 is 1.77 bits per heavy atom. The lowest BCUT2D eigenvalue weighted by Crippen LogP contribution is -2.17. The van der Waals surface area contributed by atoms with Crippen LogP contribution in [-0.2, 0) is 4.74 Å². The van der Waals surface area contributed by atoms with E-state index in [2.05, 4.69) is 10.5 Å². The van der Waals surface area contributed by atoms with Crippen molar-refractivity contribution in [3.8, 4) is 22.5 Å². The molecule has 0 saturated carbocycles. The molecular weight excluding hydrogens is 447 g/mol. The fourth-order valence-corrected chi connectivity index (χ4v) is 3.83. The maximum absolute atomic E-state index is 14.0. The summed E-state index contributed by atoms with van der Waals surface area (Å²) in [5.74, 6) is -0.0353. The first-order valence-electron chi connectivity index (χ1n) is 11.0. The lowest BCUT2D eigenvalue weighted by molar-refractivity contribution is 0.119. The summed E-state index contributed by atoms with van der Waals surface area (Å²) in [4.78, 5) is 12.6. The van der Waals surface area contributed by atoms with E-state index >= 15 is 0 Å². The highest BCUT2D eigenvalue weighted by Gasteiger charge is 2.21. The van der Waals surface area contributed by atoms with Gasteiger partial charge in [-0.25, -0.2) is 9.18 Å². The van der Waals surface area contributed by atoms with Crippen LogP contribution in [0.1, 0.15) is 35.4 Å². The number of nitrogen functional groups attached to an aromatic ring is 1. The monoisotopic (exact) mass is 472 g/mol. The number of anilines is 1. The summed E-state index contributed by atoms with van der Waals surface area (Å²) in [5.41, 5.74) is 11.0. The Kier molecular flexibility index (Phi) is 6.64. The molecule has 4 N–H and O–H groups in total. The van der Waals surface area contributed by atoms with E-state index in [9.17, 15) is 9.18 Å². The standard InChI is InChI=1S/C27H25FN4O3/c1-15-14-20(12-13-21(15)18-8-10-19(11-9-18)26(29)30)25-24(16(2)32-35-25)31-27(33)34-17(3)22-6-4-5-7-23(22)28/h4-14,17H,1-3H3,(H3,29,30)(H,31,33)/t17-/m1/s1. The number of ether oxygens (including phenoxy) is 1. The Balaban J connectivity index is 1.55. The molecule has 35 heavy (non-hydrogen) atoms. The van der Waals surface area contributed by atoms with Gasteiger partial charge in [0, 0.05) is 16.7 Å². The zero-order valence-electron chi connectivity index (χ0n) is 19.6. The van der Waals surface area contributed by atoms with Crippen LogP contribution in [0.3, 0.4) is 0 Å². The third-order valence-corrected chi connectivity index (χ3v) is 5.71. The molecule has 3 aromatic carbocycles. The maximum Gasteiger partial charge on any atom is 0.412 e. The van der Waals surface area contributed by atoms with Gasteiger partial charge in [-0.15, -0.1) is 0 Å². The summed E-state index contributed by atoms with van der Waals surface area (Å²) in [5, 5.41) is 14.2. The van der Waals surface area contributed by atoms with E-state index in [1.54, 1.807) is 44.2 Å². The van der Waals surface area contributed by atoms with Gasteiger partial charge in [-0.1, -0.05) is 59.8 Å². The molecule has 0 saturated heterocycles. The summed E-state index contributed by atoms with van der Waals surface area (Å²) in [7, 11) is 0. The molecule has 1 atom stereocenters. The van der Waals surface area contributed by atoms with Gasteiger partial charge in [-0.2, -0.15) is 0 Å². The molecule has 0 aliphatic carbocycles. The summed E-state index contributed by atoms with van der Waals surface area (Å²) in [6, 6.07) is 19.4. The van der Waals surface area contributed by atoms with E-state index in [4.69, 9.17) is 20.4 Å². The predicted octanol–water partition coefficient (Wildman–Crippen LogP) is 6.36. The SMILES string of the molecule is Cc1cc(-c2onc(C)c2NC(=O)O[C@H](C)c2ccccc2F)ccc1-c1ccc(C(=N)N)cc1. The van der Waals surface area contributed by atoms with E-state index in [-0.39, 0.29) is 11.4 Å². The van der Waals surface area contributed by atoms with Crippen LogP contribution in [0.4, 0.5) is 14.9 Å². The number of hydrogen-bond acceptors (Lipinski definition) is 5. The average Bonchev–Trinajstić information content (AvgIpc) is 3.19. The number of hydrogen-bond donors (Lipinski definition) is 3. The highest BCUT2D eigenvalue weighted by Crippen LogP contribution is 2.34. The largest absolute Gasteiger partial charge is 0.441 e. The summed E-state index contributed by atoms with van der Waals surface area (Å²) >= 11 is 0. The Morgan fingerprint density at radius 3 is 2.43 bits per heavy atom. The van der Waals surface area contributed by atoms with Crippen molar-refractivity contribution < 1.29 is 18.4 Å². The van der Waals surface area contributed by atoms with E-state index in [1.807, 2.05) is 37.3 Å². The van der Waals surface area contributed by atoms with Crippen LogP contribution in [0.2, 0.25) is 0 Å². The number of nitrogens with zero attached hydrogens (tertiary/aromatic N) is 1. The van der Waals surface area contributed by atoms with Crippen LogP contribution in [0.15, 0.2) is 71.3 Å². The molecule has 0 unspecified atom stereocenters. The lowest BCUT2D eigenvalue weighted by Gasteiger charge is -2.15. The van der Waals surface area contributed by atoms with Gasteiger partial charge in [0.05, 0.1) is 0 Å². The Labute approximate surface area is 202 Å². The average molecular weight is 473 g/mol. The molecule has 0 aliphatic rings. The van der Waals surface area contributed by atoms with Gasteiger partial charge in [0.25, 0.3) is 0 Å². The minimum Gasteiger partial charge on any atom is -0.441 e. The molecule has 0 spiro atoms. The number of carbonyl (C=O) groups excluding carboxylic acids is 1. The molecule has 0 bridgehead atoms. The van der Waals surface area contributed by atoms with E-state index in [0.717, 1.165) is 22.3 Å². The molecule has 0 aliphatic heterocycles. The van der Waals surface area contributed by atoms with Crippen molar-refractivity contribution in [1.29, 1.82) is 5.41 Å². The maximum atomic E-state index is 14.0. The lowest BCUT2D eigenvalue weighted by atomic mass is 9.96. The van der Waals surface area contributed by atoms with Crippen molar-refractivity contribution in [3.63, 3.8) is 0 Å². The summed E-state index contributed by atoms with van der Waals surface area (Å²) in [6.07, 6.45) is -1.53. The summed E-state index contributed by atoms with van der Waals surface area (Å²) in [6.45, 7) is 5.28. The Bertz CT molecular complexity index is 1400. The van der Waals surface area contributed by atoms with E-state index < -0.39 is 18.0 Å². The van der Waals surface area contributed by atoms with Gasteiger partial charge >= 0.3 is 6.09 Å². The van der Waals surface area contributed by atoms with E-state index in [0.29, 0.717) is 22.7 Å². The number of nitrogens with one attached hydrogen (secondary N) is 2. The molecule has 7 nitrogen and oxygen atoms in total. The minimum atomic E-state index is -0.782. The molecular formula is C27H25FN4O3. The number of halogens is 1. The normalized spacial score (nSPS) is 11.7. The molecule has 1 heterocycles. The topological polar surface area (TPSA) is 114 Å². The third kappa shape index (κ3) is 5.06. The van der Waals surface area contributed by atoms with Crippen LogP contribution in [-0.4, -0.2) is 17.1 Å². The van der Waals surface area contributed by atoms with Crippen molar-refractivity contribution in [3.05, 3.63) is 94.9 Å². The second-order valence-electron chi connectivity index (χ2n) is 8.19. The molecule has 1 amide bonds. The minimum absolute atomic E-state index is 0.0196. The smallest absolute Gasteiger partial charge is 0.412 e. The predicted molar refractivity (Wildman–Crippen MR) is 133 cm³/mol. The molecule has 178 valence electrons. The molecule has 8 heteroatoms. The molecule has 0 radical (unpaired) electrons. The number of rotatable bonds is 6. The first-order valence-corrected chi connectivity index (χ1v) is 11.0. The van der Waals surface area contributed by atoms with Crippen molar-refractivity contribution in [2.45, 2.75) is 26.9 Å². The number of aromatic nitrogens is 1. The molecule has 0 fully saturated rings. The number of amidine groups is 1. The highest BCUT2D eigenvalue weighted by molar-refractivity contribution is 5.95. The number of nitrogens with two attached hydrogens (primary N) is 1. The quantitative estimate of drug-likeness (QED) is 0.223. The van der Waals surface area contributed by atoms with Crippen LogP contribution >= 0.6 is 0 Å². The number of amides is 1. The first kappa shape index (κ1) is 23.7. The zero-order valence-corrected chi connectivity index (χ0v) is 19.6. The fourth-order valence-electron chi connectivity index (χ4n) is 3.83. The van der Waals surface area contributed by atoms with Gasteiger partial charge in [-0.05, 0) is 49.6 Å². The second-order valence-corrected chi connectivity index (χ2v) is 8.19. The number of benzene rings is 3. The molecule has 1 aromatic heterocycles. The number of aryl methyl sites for hydroxylation is 2.